The molecule has 1 amide bonds. The Balaban J connectivity index is 1.66. The molecular weight excluding hydrogens is 360 g/mol. The van der Waals surface area contributed by atoms with Crippen LogP contribution in [0.2, 0.25) is 0 Å². The molecule has 3 rings (SSSR count). The SMILES string of the molecule is O=C(CNc1cc([N+](=O)[O-])ccc1NCCO)NC1CCCc2ccccc21. The van der Waals surface area contributed by atoms with E-state index in [0.29, 0.717) is 17.9 Å². The third-order valence-corrected chi connectivity index (χ3v) is 4.79. The summed E-state index contributed by atoms with van der Waals surface area (Å²) >= 11 is 0. The van der Waals surface area contributed by atoms with Crippen molar-refractivity contribution in [1.82, 2.24) is 5.32 Å². The number of aliphatic hydroxyl groups excluding tert-OH is 1. The van der Waals surface area contributed by atoms with E-state index in [2.05, 4.69) is 22.0 Å². The fraction of sp³-hybridized carbons (Fsp3) is 0.350. The van der Waals surface area contributed by atoms with E-state index in [1.54, 1.807) is 6.07 Å². The molecule has 4 N–H and O–H groups in total. The van der Waals surface area contributed by atoms with Crippen molar-refractivity contribution in [2.45, 2.75) is 25.3 Å². The number of nitro groups is 1. The number of hydrogen-bond donors (Lipinski definition) is 4. The predicted octanol–water partition coefficient (Wildman–Crippen LogP) is 2.60. The first-order chi connectivity index (χ1) is 13.6. The van der Waals surface area contributed by atoms with Gasteiger partial charge in [0.2, 0.25) is 5.91 Å². The molecule has 0 saturated carbocycles. The van der Waals surface area contributed by atoms with Crippen molar-refractivity contribution in [2.75, 3.05) is 30.3 Å². The Bertz CT molecular complexity index is 856. The number of hydrogen-bond acceptors (Lipinski definition) is 6. The van der Waals surface area contributed by atoms with E-state index in [4.69, 9.17) is 5.11 Å². The number of rotatable bonds is 8. The number of nitrogens with one attached hydrogen (secondary N) is 3. The van der Waals surface area contributed by atoms with Gasteiger partial charge < -0.3 is 21.1 Å². The van der Waals surface area contributed by atoms with Crippen molar-refractivity contribution in [3.05, 3.63) is 63.7 Å². The van der Waals surface area contributed by atoms with Crippen LogP contribution in [0.3, 0.4) is 0 Å². The summed E-state index contributed by atoms with van der Waals surface area (Å²) in [6.07, 6.45) is 2.94. The average Bonchev–Trinajstić information content (AvgIpc) is 2.71. The Hall–Kier alpha value is -3.13. The minimum atomic E-state index is -0.486. The van der Waals surface area contributed by atoms with E-state index in [1.165, 1.54) is 17.7 Å². The highest BCUT2D eigenvalue weighted by molar-refractivity contribution is 5.83. The first kappa shape index (κ1) is 19.6. The number of benzene rings is 2. The van der Waals surface area contributed by atoms with Crippen LogP contribution in [0.5, 0.6) is 0 Å². The number of nitro benzene ring substituents is 1. The van der Waals surface area contributed by atoms with Crippen LogP contribution in [-0.2, 0) is 11.2 Å². The molecule has 0 bridgehead atoms. The van der Waals surface area contributed by atoms with E-state index in [-0.39, 0.29) is 30.8 Å². The van der Waals surface area contributed by atoms with Crippen LogP contribution in [0.25, 0.3) is 0 Å². The van der Waals surface area contributed by atoms with Gasteiger partial charge in [0.1, 0.15) is 0 Å². The van der Waals surface area contributed by atoms with Gasteiger partial charge >= 0.3 is 0 Å². The molecule has 2 aromatic rings. The van der Waals surface area contributed by atoms with Crippen LogP contribution >= 0.6 is 0 Å². The zero-order chi connectivity index (χ0) is 19.9. The van der Waals surface area contributed by atoms with Gasteiger partial charge in [-0.1, -0.05) is 24.3 Å². The minimum Gasteiger partial charge on any atom is -0.395 e. The first-order valence-electron chi connectivity index (χ1n) is 9.32. The van der Waals surface area contributed by atoms with Gasteiger partial charge in [0.25, 0.3) is 5.69 Å². The number of carbonyl (C=O) groups is 1. The second kappa shape index (κ2) is 9.18. The van der Waals surface area contributed by atoms with Crippen molar-refractivity contribution >= 4 is 23.0 Å². The van der Waals surface area contributed by atoms with Crippen LogP contribution in [0, 0.1) is 10.1 Å². The number of fused-ring (bicyclic) bond motifs is 1. The normalized spacial score (nSPS) is 15.4. The molecule has 148 valence electrons. The van der Waals surface area contributed by atoms with Crippen LogP contribution in [-0.4, -0.2) is 35.6 Å². The molecule has 1 atom stereocenters. The summed E-state index contributed by atoms with van der Waals surface area (Å²) in [4.78, 5) is 23.0. The Morgan fingerprint density at radius 2 is 2.00 bits per heavy atom. The van der Waals surface area contributed by atoms with E-state index >= 15 is 0 Å². The molecule has 1 aliphatic carbocycles. The molecule has 0 radical (unpaired) electrons. The molecule has 0 heterocycles. The lowest BCUT2D eigenvalue weighted by Crippen LogP contribution is -2.35. The van der Waals surface area contributed by atoms with Crippen molar-refractivity contribution in [1.29, 1.82) is 0 Å². The molecule has 1 aliphatic rings. The quantitative estimate of drug-likeness (QED) is 0.411. The summed E-state index contributed by atoms with van der Waals surface area (Å²) in [6.45, 7) is 0.225. The van der Waals surface area contributed by atoms with Gasteiger partial charge in [-0.3, -0.25) is 14.9 Å². The fourth-order valence-electron chi connectivity index (χ4n) is 3.46. The number of amides is 1. The van der Waals surface area contributed by atoms with E-state index < -0.39 is 4.92 Å². The Morgan fingerprint density at radius 3 is 2.79 bits per heavy atom. The largest absolute Gasteiger partial charge is 0.395 e. The maximum atomic E-state index is 12.5. The average molecular weight is 384 g/mol. The highest BCUT2D eigenvalue weighted by atomic mass is 16.6. The summed E-state index contributed by atoms with van der Waals surface area (Å²) in [6, 6.07) is 12.4. The number of carbonyl (C=O) groups excluding carboxylic acids is 1. The van der Waals surface area contributed by atoms with Crippen molar-refractivity contribution in [3.63, 3.8) is 0 Å². The van der Waals surface area contributed by atoms with Gasteiger partial charge in [-0.25, -0.2) is 0 Å². The maximum absolute atomic E-state index is 12.5. The zero-order valence-corrected chi connectivity index (χ0v) is 15.5. The lowest BCUT2D eigenvalue weighted by molar-refractivity contribution is -0.384. The van der Waals surface area contributed by atoms with Crippen molar-refractivity contribution in [3.8, 4) is 0 Å². The number of anilines is 2. The molecule has 8 heteroatoms. The summed E-state index contributed by atoms with van der Waals surface area (Å²) in [5.74, 6) is -0.179. The molecule has 1 unspecified atom stereocenters. The van der Waals surface area contributed by atoms with Crippen LogP contribution in [0.15, 0.2) is 42.5 Å². The second-order valence-corrected chi connectivity index (χ2v) is 6.70. The smallest absolute Gasteiger partial charge is 0.271 e. The Morgan fingerprint density at radius 1 is 1.18 bits per heavy atom. The number of non-ortho nitro benzene ring substituents is 1. The molecule has 0 spiro atoms. The van der Waals surface area contributed by atoms with Gasteiger partial charge in [0.05, 0.1) is 35.5 Å². The highest BCUT2D eigenvalue weighted by Crippen LogP contribution is 2.30. The lowest BCUT2D eigenvalue weighted by Gasteiger charge is -2.26. The van der Waals surface area contributed by atoms with Gasteiger partial charge in [0.15, 0.2) is 0 Å². The van der Waals surface area contributed by atoms with Gasteiger partial charge in [0, 0.05) is 18.7 Å². The molecule has 0 saturated heterocycles. The molecule has 0 aliphatic heterocycles. The molecule has 0 fully saturated rings. The van der Waals surface area contributed by atoms with Crippen molar-refractivity contribution in [2.24, 2.45) is 0 Å². The summed E-state index contributed by atoms with van der Waals surface area (Å²) in [5, 5.41) is 29.0. The van der Waals surface area contributed by atoms with Gasteiger partial charge in [-0.2, -0.15) is 0 Å². The van der Waals surface area contributed by atoms with E-state index in [9.17, 15) is 14.9 Å². The summed E-state index contributed by atoms with van der Waals surface area (Å²) < 4.78 is 0. The third kappa shape index (κ3) is 4.77. The van der Waals surface area contributed by atoms with E-state index in [1.807, 2.05) is 18.2 Å². The summed E-state index contributed by atoms with van der Waals surface area (Å²) in [7, 11) is 0. The first-order valence-corrected chi connectivity index (χ1v) is 9.32. The highest BCUT2D eigenvalue weighted by Gasteiger charge is 2.21. The van der Waals surface area contributed by atoms with Gasteiger partial charge in [-0.15, -0.1) is 0 Å². The van der Waals surface area contributed by atoms with Crippen LogP contribution in [0.4, 0.5) is 17.1 Å². The molecule has 0 aromatic heterocycles. The van der Waals surface area contributed by atoms with Crippen LogP contribution < -0.4 is 16.0 Å². The Labute approximate surface area is 163 Å². The lowest BCUT2D eigenvalue weighted by atomic mass is 9.88. The van der Waals surface area contributed by atoms with E-state index in [0.717, 1.165) is 24.8 Å². The Kier molecular flexibility index (Phi) is 6.44. The standard InChI is InChI=1S/C20H24N4O4/c25-11-10-21-18-9-8-15(24(27)28)12-19(18)22-13-20(26)23-17-7-3-5-14-4-1-2-6-16(14)17/h1-2,4,6,8-9,12,17,21-22,25H,3,5,7,10-11,13H2,(H,23,26). The van der Waals surface area contributed by atoms with Crippen LogP contribution in [0.1, 0.15) is 30.0 Å². The topological polar surface area (TPSA) is 117 Å². The molecule has 28 heavy (non-hydrogen) atoms. The fourth-order valence-corrected chi connectivity index (χ4v) is 3.46. The molecule has 8 nitrogen and oxygen atoms in total. The van der Waals surface area contributed by atoms with Gasteiger partial charge in [-0.05, 0) is 36.5 Å². The minimum absolute atomic E-state index is 0.00631. The maximum Gasteiger partial charge on any atom is 0.271 e. The zero-order valence-electron chi connectivity index (χ0n) is 15.5. The number of aryl methyl sites for hydroxylation is 1. The number of nitrogens with zero attached hydrogens (tertiary/aromatic N) is 1. The second-order valence-electron chi connectivity index (χ2n) is 6.70. The molecule has 2 aromatic carbocycles. The number of aliphatic hydroxyl groups is 1. The van der Waals surface area contributed by atoms with Crippen molar-refractivity contribution < 1.29 is 14.8 Å². The third-order valence-electron chi connectivity index (χ3n) is 4.79. The predicted molar refractivity (Wildman–Crippen MR) is 107 cm³/mol. The monoisotopic (exact) mass is 384 g/mol. The summed E-state index contributed by atoms with van der Waals surface area (Å²) in [5.41, 5.74) is 3.39. The molecular formula is C20H24N4O4.